The molecule has 0 bridgehead atoms. The molecule has 314 valence electrons. The molecule has 0 spiro atoms. The van der Waals surface area contributed by atoms with Crippen LogP contribution in [0.25, 0.3) is 0 Å². The largest absolute Gasteiger partial charge is 0.545 e. The van der Waals surface area contributed by atoms with Gasteiger partial charge in [0.2, 0.25) is 0 Å². The van der Waals surface area contributed by atoms with E-state index >= 15 is 0 Å². The lowest BCUT2D eigenvalue weighted by Crippen LogP contribution is -2.44. The van der Waals surface area contributed by atoms with E-state index in [0.717, 1.165) is 77.0 Å². The van der Waals surface area contributed by atoms with Crippen molar-refractivity contribution >= 4 is 17.9 Å². The van der Waals surface area contributed by atoms with Crippen LogP contribution in [0.4, 0.5) is 0 Å². The molecule has 0 radical (unpaired) electrons. The molecule has 9 nitrogen and oxygen atoms in total. The van der Waals surface area contributed by atoms with Gasteiger partial charge in [-0.3, -0.25) is 9.59 Å². The molecule has 0 saturated heterocycles. The number of carbonyl (C=O) groups excluding carboxylic acids is 3. The van der Waals surface area contributed by atoms with Gasteiger partial charge in [0.05, 0.1) is 40.3 Å². The first-order chi connectivity index (χ1) is 26.6. The zero-order valence-corrected chi connectivity index (χ0v) is 35.3. The van der Waals surface area contributed by atoms with Crippen molar-refractivity contribution < 1.29 is 42.9 Å². The molecule has 0 fully saturated rings. The lowest BCUT2D eigenvalue weighted by Gasteiger charge is -2.26. The number of unbranched alkanes of at least 4 members (excludes halogenated alkanes) is 10. The predicted octanol–water partition coefficient (Wildman–Crippen LogP) is 9.44. The standard InChI is InChI=1S/C46H77NO8/c1-6-8-10-12-14-16-18-20-21-22-23-25-26-28-30-32-34-36-43(48)53-40-42(41-54-46(45(50)51)52-39-38-47(3,4)5)55-44(49)37-35-33-31-29-27-24-19-17-15-13-11-9-7-2/h8,10,14,16-17,19-21,23,25,28,30,42,46H,6-7,9,11-13,15,18,22,24,26-27,29,31-41H2,1-5H3/b10-8-,16-14-,19-17-,21-20-,25-23-,30-28-/t42-,46?/m1/s1. The number of ether oxygens (including phenoxy) is 4. The number of esters is 2. The molecule has 0 aromatic rings. The first-order valence-electron chi connectivity index (χ1n) is 21.1. The monoisotopic (exact) mass is 772 g/mol. The van der Waals surface area contributed by atoms with Crippen molar-refractivity contribution in [2.24, 2.45) is 0 Å². The Kier molecular flexibility index (Phi) is 35.4. The van der Waals surface area contributed by atoms with E-state index in [1.54, 1.807) is 0 Å². The smallest absolute Gasteiger partial charge is 0.306 e. The van der Waals surface area contributed by atoms with Crippen LogP contribution in [0.2, 0.25) is 0 Å². The van der Waals surface area contributed by atoms with E-state index in [1.165, 1.54) is 25.7 Å². The summed E-state index contributed by atoms with van der Waals surface area (Å²) in [5.41, 5.74) is 0. The third kappa shape index (κ3) is 38.8. The molecule has 0 amide bonds. The Balaban J connectivity index is 4.60. The van der Waals surface area contributed by atoms with Gasteiger partial charge in [-0.05, 0) is 77.0 Å². The summed E-state index contributed by atoms with van der Waals surface area (Å²) in [6.45, 7) is 4.50. The highest BCUT2D eigenvalue weighted by Gasteiger charge is 2.21. The molecule has 0 aromatic carbocycles. The van der Waals surface area contributed by atoms with Gasteiger partial charge >= 0.3 is 11.9 Å². The Hall–Kier alpha value is -3.27. The number of carboxylic acid groups (broad SMARTS) is 1. The SMILES string of the molecule is CC/C=C\C/C=C\C/C=C\C/C=C\C/C=C\CCCC(=O)OC[C@H](COC(OCC[N+](C)(C)C)C(=O)[O-])OC(=O)CCCCCCC/C=C\CCCCCC. The van der Waals surface area contributed by atoms with E-state index in [2.05, 4.69) is 86.8 Å². The van der Waals surface area contributed by atoms with E-state index in [0.29, 0.717) is 23.9 Å². The van der Waals surface area contributed by atoms with Crippen molar-refractivity contribution in [1.82, 2.24) is 0 Å². The third-order valence-corrected chi connectivity index (χ3v) is 8.44. The van der Waals surface area contributed by atoms with Gasteiger partial charge in [-0.2, -0.15) is 0 Å². The van der Waals surface area contributed by atoms with E-state index < -0.39 is 30.3 Å². The predicted molar refractivity (Wildman–Crippen MR) is 223 cm³/mol. The number of nitrogens with zero attached hydrogens (tertiary/aromatic N) is 1. The average Bonchev–Trinajstić information content (AvgIpc) is 3.14. The number of carboxylic acids is 1. The maximum Gasteiger partial charge on any atom is 0.306 e. The molecular weight excluding hydrogens is 695 g/mol. The van der Waals surface area contributed by atoms with Crippen LogP contribution in [0.5, 0.6) is 0 Å². The highest BCUT2D eigenvalue weighted by molar-refractivity contribution is 5.70. The van der Waals surface area contributed by atoms with Gasteiger partial charge in [0.1, 0.15) is 13.2 Å². The van der Waals surface area contributed by atoms with Crippen LogP contribution < -0.4 is 5.11 Å². The Labute approximate surface area is 335 Å². The normalized spacial score (nSPS) is 13.7. The molecule has 0 rings (SSSR count). The molecule has 0 N–H and O–H groups in total. The van der Waals surface area contributed by atoms with Gasteiger partial charge in [0.25, 0.3) is 0 Å². The molecule has 0 aliphatic heterocycles. The van der Waals surface area contributed by atoms with Crippen molar-refractivity contribution in [1.29, 1.82) is 0 Å². The number of quaternary nitrogens is 1. The minimum absolute atomic E-state index is 0.134. The Bertz CT molecular complexity index is 1130. The zero-order valence-electron chi connectivity index (χ0n) is 35.3. The van der Waals surface area contributed by atoms with Crippen molar-refractivity contribution in [2.45, 2.75) is 155 Å². The van der Waals surface area contributed by atoms with Gasteiger partial charge in [0, 0.05) is 12.8 Å². The van der Waals surface area contributed by atoms with Gasteiger partial charge in [-0.1, -0.05) is 125 Å². The number of carbonyl (C=O) groups is 3. The second-order valence-corrected chi connectivity index (χ2v) is 14.9. The molecule has 0 heterocycles. The fourth-order valence-electron chi connectivity index (χ4n) is 5.15. The van der Waals surface area contributed by atoms with Gasteiger partial charge in [0.15, 0.2) is 12.4 Å². The number of hydrogen-bond acceptors (Lipinski definition) is 8. The van der Waals surface area contributed by atoms with Gasteiger partial charge < -0.3 is 33.3 Å². The molecule has 2 atom stereocenters. The molecule has 0 saturated carbocycles. The van der Waals surface area contributed by atoms with Crippen molar-refractivity contribution in [3.63, 3.8) is 0 Å². The lowest BCUT2D eigenvalue weighted by molar-refractivity contribution is -0.870. The minimum Gasteiger partial charge on any atom is -0.545 e. The van der Waals surface area contributed by atoms with Crippen LogP contribution in [-0.2, 0) is 33.3 Å². The summed E-state index contributed by atoms with van der Waals surface area (Å²) in [4.78, 5) is 36.9. The van der Waals surface area contributed by atoms with Crippen LogP contribution in [0, 0.1) is 0 Å². The van der Waals surface area contributed by atoms with Crippen LogP contribution in [0.15, 0.2) is 72.9 Å². The molecular formula is C46H77NO8. The first-order valence-corrected chi connectivity index (χ1v) is 21.1. The topological polar surface area (TPSA) is 111 Å². The Morgan fingerprint density at radius 3 is 1.62 bits per heavy atom. The molecule has 55 heavy (non-hydrogen) atoms. The van der Waals surface area contributed by atoms with Crippen LogP contribution in [0.1, 0.15) is 142 Å². The summed E-state index contributed by atoms with van der Waals surface area (Å²) in [5, 5.41) is 11.7. The number of hydrogen-bond donors (Lipinski definition) is 0. The van der Waals surface area contributed by atoms with Gasteiger partial charge in [-0.15, -0.1) is 0 Å². The second-order valence-electron chi connectivity index (χ2n) is 14.9. The van der Waals surface area contributed by atoms with Crippen molar-refractivity contribution in [2.75, 3.05) is 47.5 Å². The summed E-state index contributed by atoms with van der Waals surface area (Å²) in [6, 6.07) is 0. The van der Waals surface area contributed by atoms with E-state index in [4.69, 9.17) is 18.9 Å². The summed E-state index contributed by atoms with van der Waals surface area (Å²) < 4.78 is 22.4. The highest BCUT2D eigenvalue weighted by Crippen LogP contribution is 2.11. The fourth-order valence-corrected chi connectivity index (χ4v) is 5.15. The minimum atomic E-state index is -1.64. The summed E-state index contributed by atoms with van der Waals surface area (Å²) in [5.74, 6) is -2.39. The highest BCUT2D eigenvalue weighted by atomic mass is 16.7. The quantitative estimate of drug-likeness (QED) is 0.0202. The van der Waals surface area contributed by atoms with Crippen molar-refractivity contribution in [3.8, 4) is 0 Å². The molecule has 0 aliphatic carbocycles. The third-order valence-electron chi connectivity index (χ3n) is 8.44. The van der Waals surface area contributed by atoms with Crippen LogP contribution in [-0.4, -0.2) is 82.3 Å². The Morgan fingerprint density at radius 2 is 1.05 bits per heavy atom. The molecule has 9 heteroatoms. The van der Waals surface area contributed by atoms with Crippen LogP contribution in [0.3, 0.4) is 0 Å². The number of aliphatic carboxylic acids is 1. The Morgan fingerprint density at radius 1 is 0.564 bits per heavy atom. The average molecular weight is 772 g/mol. The maximum absolute atomic E-state index is 12.7. The number of rotatable bonds is 37. The first kappa shape index (κ1) is 51.7. The molecule has 0 aliphatic rings. The molecule has 1 unspecified atom stereocenters. The number of allylic oxidation sites excluding steroid dienone is 12. The molecule has 0 aromatic heterocycles. The van der Waals surface area contributed by atoms with E-state index in [-0.39, 0.29) is 32.7 Å². The summed E-state index contributed by atoms with van der Waals surface area (Å²) >= 11 is 0. The second kappa shape index (κ2) is 37.6. The van der Waals surface area contributed by atoms with E-state index in [1.807, 2.05) is 21.1 Å². The summed E-state index contributed by atoms with van der Waals surface area (Å²) in [6.07, 6.45) is 42.2. The van der Waals surface area contributed by atoms with Crippen molar-refractivity contribution in [3.05, 3.63) is 72.9 Å². The zero-order chi connectivity index (χ0) is 40.7. The number of likely N-dealkylation sites (N-methyl/N-ethyl adjacent to an activating group) is 1. The van der Waals surface area contributed by atoms with Gasteiger partial charge in [-0.25, -0.2) is 0 Å². The maximum atomic E-state index is 12.7. The van der Waals surface area contributed by atoms with E-state index in [9.17, 15) is 19.5 Å². The van der Waals surface area contributed by atoms with Crippen LogP contribution >= 0.6 is 0 Å². The summed E-state index contributed by atoms with van der Waals surface area (Å²) in [7, 11) is 5.88. The lowest BCUT2D eigenvalue weighted by atomic mass is 10.1. The fraction of sp³-hybridized carbons (Fsp3) is 0.674.